The van der Waals surface area contributed by atoms with E-state index in [2.05, 4.69) is 4.74 Å². The number of esters is 2. The highest BCUT2D eigenvalue weighted by Crippen LogP contribution is 2.33. The van der Waals surface area contributed by atoms with E-state index in [4.69, 9.17) is 4.74 Å². The van der Waals surface area contributed by atoms with Crippen molar-refractivity contribution in [2.75, 3.05) is 13.7 Å². The van der Waals surface area contributed by atoms with Crippen LogP contribution in [0.3, 0.4) is 0 Å². The van der Waals surface area contributed by atoms with E-state index in [1.54, 1.807) is 0 Å². The van der Waals surface area contributed by atoms with Gasteiger partial charge in [0, 0.05) is 11.5 Å². The second-order valence-electron chi connectivity index (χ2n) is 3.54. The maximum atomic E-state index is 11.1. The Bertz CT molecular complexity index is 275. The van der Waals surface area contributed by atoms with E-state index in [1.165, 1.54) is 13.2 Å². The summed E-state index contributed by atoms with van der Waals surface area (Å²) in [7, 11) is 1.27. The van der Waals surface area contributed by atoms with E-state index >= 15 is 0 Å². The Kier molecular flexibility index (Phi) is 2.40. The number of ether oxygens (including phenoxy) is 2. The minimum absolute atomic E-state index is 0.314. The lowest BCUT2D eigenvalue weighted by molar-refractivity contribution is -0.137. The van der Waals surface area contributed by atoms with Crippen LogP contribution in [-0.4, -0.2) is 25.7 Å². The van der Waals surface area contributed by atoms with Crippen molar-refractivity contribution >= 4 is 11.9 Å². The van der Waals surface area contributed by atoms with Gasteiger partial charge in [0.25, 0.3) is 0 Å². The van der Waals surface area contributed by atoms with Crippen molar-refractivity contribution in [3.8, 4) is 0 Å². The van der Waals surface area contributed by atoms with Gasteiger partial charge in [-0.2, -0.15) is 0 Å². The molecule has 0 aromatic heterocycles. The maximum absolute atomic E-state index is 11.1. The van der Waals surface area contributed by atoms with Gasteiger partial charge in [-0.05, 0) is 0 Å². The van der Waals surface area contributed by atoms with Crippen LogP contribution in [-0.2, 0) is 19.1 Å². The van der Waals surface area contributed by atoms with Crippen LogP contribution >= 0.6 is 0 Å². The van der Waals surface area contributed by atoms with Crippen molar-refractivity contribution in [3.05, 3.63) is 11.6 Å². The van der Waals surface area contributed by atoms with Crippen LogP contribution in [0.1, 0.15) is 13.8 Å². The minimum atomic E-state index is -0.526. The zero-order valence-electron chi connectivity index (χ0n) is 7.92. The summed E-state index contributed by atoms with van der Waals surface area (Å²) in [6.45, 7) is 3.99. The molecule has 0 unspecified atom stereocenters. The average molecular weight is 184 g/mol. The first kappa shape index (κ1) is 9.77. The molecule has 4 heteroatoms. The molecule has 72 valence electrons. The van der Waals surface area contributed by atoms with Gasteiger partial charge in [0.1, 0.15) is 6.61 Å². The van der Waals surface area contributed by atoms with Gasteiger partial charge >= 0.3 is 11.9 Å². The van der Waals surface area contributed by atoms with Crippen LogP contribution in [0.15, 0.2) is 11.6 Å². The van der Waals surface area contributed by atoms with Crippen LogP contribution in [0.2, 0.25) is 0 Å². The molecule has 0 aliphatic carbocycles. The van der Waals surface area contributed by atoms with Gasteiger partial charge in [0.2, 0.25) is 0 Å². The lowest BCUT2D eigenvalue weighted by atomic mass is 9.87. The monoisotopic (exact) mass is 184 g/mol. The number of carbonyl (C=O) groups excluding carboxylic acids is 2. The van der Waals surface area contributed by atoms with Gasteiger partial charge in [-0.25, -0.2) is 9.59 Å². The normalized spacial score (nSPS) is 23.0. The summed E-state index contributed by atoms with van der Waals surface area (Å²) in [5.74, 6) is -0.961. The standard InChI is InChI=1S/C9H12O4/c1-9(2)5-13-8(11)6(9)4-7(10)12-3/h4H,5H2,1-3H3/b6-4-. The molecule has 0 N–H and O–H groups in total. The molecule has 0 amide bonds. The lowest BCUT2D eigenvalue weighted by Gasteiger charge is -2.13. The van der Waals surface area contributed by atoms with Crippen LogP contribution < -0.4 is 0 Å². The molecular formula is C9H12O4. The number of cyclic esters (lactones) is 1. The Morgan fingerprint density at radius 1 is 1.62 bits per heavy atom. The van der Waals surface area contributed by atoms with Crippen molar-refractivity contribution in [1.82, 2.24) is 0 Å². The van der Waals surface area contributed by atoms with Gasteiger partial charge in [0.15, 0.2) is 0 Å². The summed E-state index contributed by atoms with van der Waals surface area (Å²) in [5.41, 5.74) is -0.0231. The number of methoxy groups -OCH3 is 1. The first-order chi connectivity index (χ1) is 5.97. The van der Waals surface area contributed by atoms with Crippen LogP contribution in [0.5, 0.6) is 0 Å². The van der Waals surface area contributed by atoms with Crippen LogP contribution in [0.4, 0.5) is 0 Å². The van der Waals surface area contributed by atoms with Crippen LogP contribution in [0.25, 0.3) is 0 Å². The Morgan fingerprint density at radius 2 is 2.23 bits per heavy atom. The molecule has 1 aliphatic heterocycles. The lowest BCUT2D eigenvalue weighted by Crippen LogP contribution is -2.15. The highest BCUT2D eigenvalue weighted by atomic mass is 16.5. The van der Waals surface area contributed by atoms with Gasteiger partial charge in [-0.15, -0.1) is 0 Å². The molecule has 4 nitrogen and oxygen atoms in total. The molecule has 1 heterocycles. The molecule has 0 aromatic rings. The molecule has 1 rings (SSSR count). The molecule has 1 fully saturated rings. The summed E-state index contributed by atoms with van der Waals surface area (Å²) >= 11 is 0. The summed E-state index contributed by atoms with van der Waals surface area (Å²) < 4.78 is 9.24. The number of rotatable bonds is 1. The maximum Gasteiger partial charge on any atom is 0.334 e. The number of carbonyl (C=O) groups is 2. The second kappa shape index (κ2) is 3.20. The SMILES string of the molecule is COC(=O)/C=C1/C(=O)OCC1(C)C. The Hall–Kier alpha value is -1.32. The first-order valence-corrected chi connectivity index (χ1v) is 3.94. The highest BCUT2D eigenvalue weighted by molar-refractivity contribution is 5.98. The molecule has 1 aliphatic rings. The Morgan fingerprint density at radius 3 is 2.62 bits per heavy atom. The number of hydrogen-bond acceptors (Lipinski definition) is 4. The molecule has 0 spiro atoms. The van der Waals surface area contributed by atoms with Gasteiger partial charge in [-0.3, -0.25) is 0 Å². The van der Waals surface area contributed by atoms with Crippen LogP contribution in [0, 0.1) is 5.41 Å². The van der Waals surface area contributed by atoms with Gasteiger partial charge in [-0.1, -0.05) is 13.8 Å². The number of hydrogen-bond donors (Lipinski definition) is 0. The Balaban J connectivity index is 2.94. The van der Waals surface area contributed by atoms with E-state index < -0.39 is 17.4 Å². The topological polar surface area (TPSA) is 52.6 Å². The van der Waals surface area contributed by atoms with Gasteiger partial charge in [0.05, 0.1) is 12.7 Å². The minimum Gasteiger partial charge on any atom is -0.466 e. The van der Waals surface area contributed by atoms with E-state index in [-0.39, 0.29) is 0 Å². The zero-order chi connectivity index (χ0) is 10.1. The third kappa shape index (κ3) is 1.88. The summed E-state index contributed by atoms with van der Waals surface area (Å²) in [6.07, 6.45) is 1.19. The Labute approximate surface area is 76.5 Å². The van der Waals surface area contributed by atoms with E-state index in [9.17, 15) is 9.59 Å². The summed E-state index contributed by atoms with van der Waals surface area (Å²) in [6, 6.07) is 0. The van der Waals surface area contributed by atoms with Gasteiger partial charge < -0.3 is 9.47 Å². The molecule has 13 heavy (non-hydrogen) atoms. The average Bonchev–Trinajstić information content (AvgIpc) is 2.31. The van der Waals surface area contributed by atoms with Crippen molar-refractivity contribution in [1.29, 1.82) is 0 Å². The molecular weight excluding hydrogens is 172 g/mol. The second-order valence-corrected chi connectivity index (χ2v) is 3.54. The van der Waals surface area contributed by atoms with E-state index in [1.807, 2.05) is 13.8 Å². The molecule has 0 atom stereocenters. The summed E-state index contributed by atoms with van der Waals surface area (Å²) in [5, 5.41) is 0. The largest absolute Gasteiger partial charge is 0.466 e. The zero-order valence-corrected chi connectivity index (χ0v) is 7.92. The highest BCUT2D eigenvalue weighted by Gasteiger charge is 2.38. The van der Waals surface area contributed by atoms with E-state index in [0.717, 1.165) is 0 Å². The predicted molar refractivity (Wildman–Crippen MR) is 44.8 cm³/mol. The third-order valence-electron chi connectivity index (χ3n) is 1.98. The van der Waals surface area contributed by atoms with E-state index in [0.29, 0.717) is 12.2 Å². The van der Waals surface area contributed by atoms with Crippen molar-refractivity contribution in [2.24, 2.45) is 5.41 Å². The first-order valence-electron chi connectivity index (χ1n) is 3.94. The predicted octanol–water partition coefficient (Wildman–Crippen LogP) is 0.669. The van der Waals surface area contributed by atoms with Crippen molar-refractivity contribution in [2.45, 2.75) is 13.8 Å². The van der Waals surface area contributed by atoms with Crippen molar-refractivity contribution < 1.29 is 19.1 Å². The fourth-order valence-electron chi connectivity index (χ4n) is 1.11. The molecule has 0 aromatic carbocycles. The molecule has 0 saturated carbocycles. The summed E-state index contributed by atoms with van der Waals surface area (Å²) in [4.78, 5) is 22.0. The fourth-order valence-corrected chi connectivity index (χ4v) is 1.11. The molecule has 0 radical (unpaired) electrons. The third-order valence-corrected chi connectivity index (χ3v) is 1.98. The molecule has 0 bridgehead atoms. The van der Waals surface area contributed by atoms with Crippen molar-refractivity contribution in [3.63, 3.8) is 0 Å². The smallest absolute Gasteiger partial charge is 0.334 e. The molecule has 1 saturated heterocycles. The fraction of sp³-hybridized carbons (Fsp3) is 0.556. The quantitative estimate of drug-likeness (QED) is 0.444.